The second kappa shape index (κ2) is 7.80. The summed E-state index contributed by atoms with van der Waals surface area (Å²) in [4.78, 5) is 0. The molecule has 0 atom stereocenters. The van der Waals surface area contributed by atoms with E-state index in [1.165, 1.54) is 18.4 Å². The molecule has 1 fully saturated rings. The fraction of sp³-hybridized carbons (Fsp3) is 0.625. The van der Waals surface area contributed by atoms with Gasteiger partial charge in [-0.3, -0.25) is 0 Å². The topological polar surface area (TPSA) is 69.4 Å². The molecule has 1 aromatic carbocycles. The summed E-state index contributed by atoms with van der Waals surface area (Å²) in [5.41, 5.74) is 6.66. The molecule has 0 spiro atoms. The Kier molecular flexibility index (Phi) is 6.06. The summed E-state index contributed by atoms with van der Waals surface area (Å²) in [5, 5.41) is 0. The molecule has 0 radical (unpaired) electrons. The van der Waals surface area contributed by atoms with E-state index in [0.29, 0.717) is 24.0 Å². The molecule has 0 aromatic heterocycles. The molecule has 1 aliphatic rings. The SMILES string of the molecule is NCCc1ccc(OCCS(=O)(=O)CC2CCCC2)cc1. The summed E-state index contributed by atoms with van der Waals surface area (Å²) in [5.74, 6) is 1.51. The Balaban J connectivity index is 1.74. The second-order valence-corrected chi connectivity index (χ2v) is 8.02. The smallest absolute Gasteiger partial charge is 0.153 e. The molecule has 1 aromatic rings. The van der Waals surface area contributed by atoms with Crippen molar-refractivity contribution in [3.63, 3.8) is 0 Å². The zero-order chi connectivity index (χ0) is 15.1. The minimum atomic E-state index is -2.99. The third-order valence-electron chi connectivity index (χ3n) is 3.98. The van der Waals surface area contributed by atoms with E-state index in [0.717, 1.165) is 19.3 Å². The summed E-state index contributed by atoms with van der Waals surface area (Å²) < 4.78 is 29.6. The summed E-state index contributed by atoms with van der Waals surface area (Å²) in [6.45, 7) is 0.852. The standard InChI is InChI=1S/C16H25NO3S/c17-10-9-14-5-7-16(8-6-14)20-11-12-21(18,19)13-15-3-1-2-4-15/h5-8,15H,1-4,9-13,17H2. The highest BCUT2D eigenvalue weighted by Crippen LogP contribution is 2.26. The number of hydrogen-bond donors (Lipinski definition) is 1. The Morgan fingerprint density at radius 2 is 1.81 bits per heavy atom. The zero-order valence-corrected chi connectivity index (χ0v) is 13.3. The molecule has 2 rings (SSSR count). The van der Waals surface area contributed by atoms with Crippen LogP contribution in [0.2, 0.25) is 0 Å². The maximum Gasteiger partial charge on any atom is 0.153 e. The van der Waals surface area contributed by atoms with Gasteiger partial charge in [-0.2, -0.15) is 0 Å². The Bertz CT molecular complexity index is 519. The van der Waals surface area contributed by atoms with Gasteiger partial charge in [-0.05, 0) is 49.4 Å². The molecule has 5 heteroatoms. The minimum Gasteiger partial charge on any atom is -0.493 e. The van der Waals surface area contributed by atoms with Gasteiger partial charge in [0, 0.05) is 0 Å². The largest absolute Gasteiger partial charge is 0.493 e. The first-order valence-electron chi connectivity index (χ1n) is 7.71. The van der Waals surface area contributed by atoms with Gasteiger partial charge in [0.1, 0.15) is 12.4 Å². The van der Waals surface area contributed by atoms with Crippen LogP contribution in [0, 0.1) is 5.92 Å². The van der Waals surface area contributed by atoms with Crippen LogP contribution in [0.1, 0.15) is 31.2 Å². The van der Waals surface area contributed by atoms with Crippen molar-refractivity contribution >= 4 is 9.84 Å². The van der Waals surface area contributed by atoms with Crippen LogP contribution in [0.15, 0.2) is 24.3 Å². The maximum absolute atomic E-state index is 12.0. The van der Waals surface area contributed by atoms with E-state index in [4.69, 9.17) is 10.5 Å². The highest BCUT2D eigenvalue weighted by atomic mass is 32.2. The number of sulfone groups is 1. The number of hydrogen-bond acceptors (Lipinski definition) is 4. The van der Waals surface area contributed by atoms with Crippen molar-refractivity contribution in [3.8, 4) is 5.75 Å². The van der Waals surface area contributed by atoms with E-state index < -0.39 is 9.84 Å². The highest BCUT2D eigenvalue weighted by molar-refractivity contribution is 7.91. The van der Waals surface area contributed by atoms with E-state index in [1.807, 2.05) is 24.3 Å². The molecule has 4 nitrogen and oxygen atoms in total. The lowest BCUT2D eigenvalue weighted by Gasteiger charge is -2.11. The normalized spacial score (nSPS) is 16.2. The summed E-state index contributed by atoms with van der Waals surface area (Å²) >= 11 is 0. The lowest BCUT2D eigenvalue weighted by molar-refractivity contribution is 0.340. The van der Waals surface area contributed by atoms with Crippen molar-refractivity contribution in [3.05, 3.63) is 29.8 Å². The van der Waals surface area contributed by atoms with Crippen LogP contribution >= 0.6 is 0 Å². The summed E-state index contributed by atoms with van der Waals surface area (Å²) in [6.07, 6.45) is 5.30. The molecule has 118 valence electrons. The summed E-state index contributed by atoms with van der Waals surface area (Å²) in [6, 6.07) is 7.67. The van der Waals surface area contributed by atoms with Crippen LogP contribution in [0.3, 0.4) is 0 Å². The molecule has 0 aliphatic heterocycles. The van der Waals surface area contributed by atoms with Crippen molar-refractivity contribution in [2.24, 2.45) is 11.7 Å². The maximum atomic E-state index is 12.0. The molecule has 0 amide bonds. The molecule has 0 saturated heterocycles. The summed E-state index contributed by atoms with van der Waals surface area (Å²) in [7, 11) is -2.99. The average Bonchev–Trinajstić information content (AvgIpc) is 2.93. The van der Waals surface area contributed by atoms with Gasteiger partial charge in [-0.15, -0.1) is 0 Å². The van der Waals surface area contributed by atoms with Gasteiger partial charge in [0.05, 0.1) is 11.5 Å². The predicted molar refractivity (Wildman–Crippen MR) is 85.3 cm³/mol. The molecular weight excluding hydrogens is 286 g/mol. The fourth-order valence-corrected chi connectivity index (χ4v) is 4.38. The quantitative estimate of drug-likeness (QED) is 0.799. The van der Waals surface area contributed by atoms with Gasteiger partial charge in [-0.25, -0.2) is 8.42 Å². The van der Waals surface area contributed by atoms with Crippen molar-refractivity contribution in [1.29, 1.82) is 0 Å². The van der Waals surface area contributed by atoms with Gasteiger partial charge in [0.25, 0.3) is 0 Å². The van der Waals surface area contributed by atoms with E-state index in [9.17, 15) is 8.42 Å². The van der Waals surface area contributed by atoms with Crippen LogP contribution in [0.4, 0.5) is 0 Å². The Labute approximate surface area is 127 Å². The third-order valence-corrected chi connectivity index (χ3v) is 5.75. The van der Waals surface area contributed by atoms with E-state index in [1.54, 1.807) is 0 Å². The molecule has 1 saturated carbocycles. The molecule has 1 aliphatic carbocycles. The first kappa shape index (κ1) is 16.3. The van der Waals surface area contributed by atoms with E-state index >= 15 is 0 Å². The van der Waals surface area contributed by atoms with Crippen LogP contribution in [0.5, 0.6) is 5.75 Å². The molecule has 0 unspecified atom stereocenters. The lowest BCUT2D eigenvalue weighted by Crippen LogP contribution is -2.21. The highest BCUT2D eigenvalue weighted by Gasteiger charge is 2.22. The van der Waals surface area contributed by atoms with Gasteiger partial charge in [-0.1, -0.05) is 25.0 Å². The Morgan fingerprint density at radius 1 is 1.14 bits per heavy atom. The van der Waals surface area contributed by atoms with Gasteiger partial charge < -0.3 is 10.5 Å². The van der Waals surface area contributed by atoms with Gasteiger partial charge in [0.15, 0.2) is 9.84 Å². The minimum absolute atomic E-state index is 0.105. The van der Waals surface area contributed by atoms with Crippen molar-refractivity contribution in [1.82, 2.24) is 0 Å². The lowest BCUT2D eigenvalue weighted by atomic mass is 10.1. The predicted octanol–water partition coefficient (Wildman–Crippen LogP) is 2.17. The second-order valence-electron chi connectivity index (χ2n) is 5.80. The molecular formula is C16H25NO3S. The fourth-order valence-electron chi connectivity index (χ4n) is 2.82. The Morgan fingerprint density at radius 3 is 2.43 bits per heavy atom. The number of rotatable bonds is 8. The van der Waals surface area contributed by atoms with Crippen LogP contribution < -0.4 is 10.5 Å². The van der Waals surface area contributed by atoms with Gasteiger partial charge in [0.2, 0.25) is 0 Å². The molecule has 2 N–H and O–H groups in total. The molecule has 0 heterocycles. The molecule has 21 heavy (non-hydrogen) atoms. The molecule has 0 bridgehead atoms. The average molecular weight is 311 g/mol. The number of benzene rings is 1. The van der Waals surface area contributed by atoms with Gasteiger partial charge >= 0.3 is 0 Å². The van der Waals surface area contributed by atoms with Crippen molar-refractivity contribution < 1.29 is 13.2 Å². The van der Waals surface area contributed by atoms with Crippen molar-refractivity contribution in [2.45, 2.75) is 32.1 Å². The first-order valence-corrected chi connectivity index (χ1v) is 9.53. The van der Waals surface area contributed by atoms with Crippen molar-refractivity contribution in [2.75, 3.05) is 24.7 Å². The Hall–Kier alpha value is -1.07. The first-order chi connectivity index (χ1) is 10.1. The third kappa shape index (κ3) is 5.67. The van der Waals surface area contributed by atoms with Crippen LogP contribution in [0.25, 0.3) is 0 Å². The number of nitrogens with two attached hydrogens (primary N) is 1. The monoisotopic (exact) mass is 311 g/mol. The van der Waals surface area contributed by atoms with Crippen LogP contribution in [-0.2, 0) is 16.3 Å². The zero-order valence-electron chi connectivity index (χ0n) is 12.5. The number of ether oxygens (including phenoxy) is 1. The van der Waals surface area contributed by atoms with E-state index in [-0.39, 0.29) is 12.4 Å². The van der Waals surface area contributed by atoms with Crippen LogP contribution in [-0.4, -0.2) is 33.1 Å². The van der Waals surface area contributed by atoms with E-state index in [2.05, 4.69) is 0 Å².